The Hall–Kier alpha value is -3.81. The molecule has 4 rings (SSSR count). The first kappa shape index (κ1) is 23.4. The van der Waals surface area contributed by atoms with Crippen molar-refractivity contribution >= 4 is 28.2 Å². The predicted molar refractivity (Wildman–Crippen MR) is 114 cm³/mol. The zero-order valence-corrected chi connectivity index (χ0v) is 17.9. The van der Waals surface area contributed by atoms with E-state index in [9.17, 15) is 26.3 Å². The molecule has 0 unspecified atom stereocenters. The number of nitrogens with zero attached hydrogens (tertiary/aromatic N) is 5. The molecular weight excluding hydrogens is 460 g/mol. The Bertz CT molecular complexity index is 1420. The van der Waals surface area contributed by atoms with Crippen LogP contribution in [0.1, 0.15) is 19.4 Å². The number of alkyl halides is 4. The number of benzene rings is 2. The van der Waals surface area contributed by atoms with Crippen LogP contribution < -0.4 is 4.90 Å². The summed E-state index contributed by atoms with van der Waals surface area (Å²) in [6, 6.07) is 6.98. The molecule has 4 aromatic rings. The minimum Gasteiger partial charge on any atom is -0.320 e. The molecule has 0 aliphatic carbocycles. The van der Waals surface area contributed by atoms with Crippen LogP contribution in [0.5, 0.6) is 0 Å². The zero-order valence-electron chi connectivity index (χ0n) is 17.9. The Morgan fingerprint density at radius 3 is 2.50 bits per heavy atom. The van der Waals surface area contributed by atoms with Gasteiger partial charge in [0.15, 0.2) is 0 Å². The molecule has 0 N–H and O–H groups in total. The van der Waals surface area contributed by atoms with E-state index in [0.29, 0.717) is 5.52 Å². The first-order valence-electron chi connectivity index (χ1n) is 10.0. The van der Waals surface area contributed by atoms with E-state index in [1.165, 1.54) is 42.8 Å². The van der Waals surface area contributed by atoms with Crippen LogP contribution in [0.25, 0.3) is 16.7 Å². The van der Waals surface area contributed by atoms with E-state index in [4.69, 9.17) is 0 Å². The van der Waals surface area contributed by atoms with Gasteiger partial charge < -0.3 is 4.90 Å². The standard InChI is InChI=1S/C23H17F6N5/c1-23(2,21(28)29)6-5-13-7-15(25)9-16(8-13)33(11-19(26)27)20-17-10-14(24)3-4-18(17)34-12-30-32-22(34)31-20/h3-4,7-10,12,19,21H,11H2,1-2H3. The molecule has 0 saturated heterocycles. The summed E-state index contributed by atoms with van der Waals surface area (Å²) in [5, 5.41) is 7.75. The molecule has 0 spiro atoms. The van der Waals surface area contributed by atoms with Crippen molar-refractivity contribution in [3.63, 3.8) is 0 Å². The lowest BCUT2D eigenvalue weighted by Crippen LogP contribution is -2.25. The average Bonchev–Trinajstić information content (AvgIpc) is 3.23. The fourth-order valence-corrected chi connectivity index (χ4v) is 3.28. The molecule has 0 radical (unpaired) electrons. The maximum Gasteiger partial charge on any atom is 0.257 e. The van der Waals surface area contributed by atoms with Gasteiger partial charge in [0.25, 0.3) is 18.6 Å². The van der Waals surface area contributed by atoms with Gasteiger partial charge in [-0.3, -0.25) is 4.40 Å². The predicted octanol–water partition coefficient (Wildman–Crippen LogP) is 5.60. The highest BCUT2D eigenvalue weighted by Gasteiger charge is 2.27. The van der Waals surface area contributed by atoms with Crippen molar-refractivity contribution in [2.24, 2.45) is 5.41 Å². The highest BCUT2D eigenvalue weighted by molar-refractivity contribution is 5.93. The van der Waals surface area contributed by atoms with Gasteiger partial charge in [-0.2, -0.15) is 4.98 Å². The summed E-state index contributed by atoms with van der Waals surface area (Å²) in [5.41, 5.74) is -1.34. The molecule has 0 aliphatic rings. The smallest absolute Gasteiger partial charge is 0.257 e. The molecule has 11 heteroatoms. The molecule has 176 valence electrons. The third-order valence-electron chi connectivity index (χ3n) is 5.04. The Kier molecular flexibility index (Phi) is 6.08. The normalized spacial score (nSPS) is 11.9. The molecule has 0 amide bonds. The Morgan fingerprint density at radius 2 is 1.79 bits per heavy atom. The lowest BCUT2D eigenvalue weighted by molar-refractivity contribution is 0.0570. The SMILES string of the molecule is CC(C)(C#Cc1cc(F)cc(N(CC(F)F)c2nc3nncn3c3ccc(F)cc23)c1)C(F)F. The fraction of sp³-hybridized carbons (Fsp3) is 0.261. The van der Waals surface area contributed by atoms with E-state index in [2.05, 4.69) is 27.0 Å². The number of fused-ring (bicyclic) bond motifs is 3. The summed E-state index contributed by atoms with van der Waals surface area (Å²) >= 11 is 0. The number of aromatic nitrogens is 4. The first-order chi connectivity index (χ1) is 16.0. The van der Waals surface area contributed by atoms with Gasteiger partial charge in [0.1, 0.15) is 23.8 Å². The van der Waals surface area contributed by atoms with Gasteiger partial charge in [-0.1, -0.05) is 11.8 Å². The van der Waals surface area contributed by atoms with Crippen molar-refractivity contribution < 1.29 is 26.3 Å². The van der Waals surface area contributed by atoms with Crippen molar-refractivity contribution in [1.29, 1.82) is 0 Å². The molecule has 2 heterocycles. The molecule has 0 saturated carbocycles. The third kappa shape index (κ3) is 4.62. The van der Waals surface area contributed by atoms with Crippen LogP contribution in [0.2, 0.25) is 0 Å². The molecular formula is C23H17F6N5. The quantitative estimate of drug-likeness (QED) is 0.277. The van der Waals surface area contributed by atoms with Gasteiger partial charge in [0, 0.05) is 16.6 Å². The Balaban J connectivity index is 1.92. The van der Waals surface area contributed by atoms with Crippen LogP contribution in [0.3, 0.4) is 0 Å². The van der Waals surface area contributed by atoms with E-state index in [-0.39, 0.29) is 28.2 Å². The summed E-state index contributed by atoms with van der Waals surface area (Å²) in [5.74, 6) is 3.37. The maximum atomic E-state index is 14.5. The largest absolute Gasteiger partial charge is 0.320 e. The number of halogens is 6. The van der Waals surface area contributed by atoms with Crippen LogP contribution in [-0.2, 0) is 0 Å². The summed E-state index contributed by atoms with van der Waals surface area (Å²) < 4.78 is 83.5. The van der Waals surface area contributed by atoms with Gasteiger partial charge in [0.05, 0.1) is 17.5 Å². The van der Waals surface area contributed by atoms with Crippen molar-refractivity contribution in [3.05, 3.63) is 59.9 Å². The van der Waals surface area contributed by atoms with Gasteiger partial charge in [-0.15, -0.1) is 10.2 Å². The van der Waals surface area contributed by atoms with Crippen LogP contribution in [0.4, 0.5) is 37.8 Å². The van der Waals surface area contributed by atoms with Crippen LogP contribution in [0.15, 0.2) is 42.7 Å². The lowest BCUT2D eigenvalue weighted by atomic mass is 9.95. The molecule has 5 nitrogen and oxygen atoms in total. The third-order valence-corrected chi connectivity index (χ3v) is 5.04. The second-order valence-corrected chi connectivity index (χ2v) is 8.07. The highest BCUT2D eigenvalue weighted by atomic mass is 19.3. The summed E-state index contributed by atoms with van der Waals surface area (Å²) in [7, 11) is 0. The van der Waals surface area contributed by atoms with Crippen LogP contribution in [-0.4, -0.2) is 39.0 Å². The van der Waals surface area contributed by atoms with Crippen LogP contribution >= 0.6 is 0 Å². The van der Waals surface area contributed by atoms with E-state index in [0.717, 1.165) is 23.1 Å². The highest BCUT2D eigenvalue weighted by Crippen LogP contribution is 2.33. The van der Waals surface area contributed by atoms with E-state index >= 15 is 0 Å². The van der Waals surface area contributed by atoms with E-state index < -0.39 is 36.4 Å². The average molecular weight is 477 g/mol. The minimum atomic E-state index is -2.88. The minimum absolute atomic E-state index is 0.00188. The van der Waals surface area contributed by atoms with E-state index in [1.54, 1.807) is 0 Å². The molecule has 0 bridgehead atoms. The number of hydrogen-bond donors (Lipinski definition) is 0. The Morgan fingerprint density at radius 1 is 1.03 bits per heavy atom. The van der Waals surface area contributed by atoms with Crippen molar-refractivity contribution in [1.82, 2.24) is 19.6 Å². The number of rotatable bonds is 5. The number of anilines is 2. The number of hydrogen-bond acceptors (Lipinski definition) is 4. The van der Waals surface area contributed by atoms with Gasteiger partial charge in [0.2, 0.25) is 0 Å². The zero-order chi connectivity index (χ0) is 24.6. The molecule has 34 heavy (non-hydrogen) atoms. The summed E-state index contributed by atoms with van der Waals surface area (Å²) in [6.07, 6.45) is -4.29. The van der Waals surface area contributed by atoms with E-state index in [1.807, 2.05) is 0 Å². The fourth-order valence-electron chi connectivity index (χ4n) is 3.28. The summed E-state index contributed by atoms with van der Waals surface area (Å²) in [6.45, 7) is 1.54. The molecule has 0 atom stereocenters. The molecule has 0 aliphatic heterocycles. The van der Waals surface area contributed by atoms with Gasteiger partial charge in [-0.25, -0.2) is 26.3 Å². The first-order valence-corrected chi connectivity index (χ1v) is 10.0. The van der Waals surface area contributed by atoms with Crippen molar-refractivity contribution in [2.45, 2.75) is 26.7 Å². The molecule has 2 aromatic heterocycles. The van der Waals surface area contributed by atoms with Gasteiger partial charge >= 0.3 is 0 Å². The van der Waals surface area contributed by atoms with Crippen molar-refractivity contribution in [2.75, 3.05) is 11.4 Å². The van der Waals surface area contributed by atoms with Crippen LogP contribution in [0, 0.1) is 28.9 Å². The monoisotopic (exact) mass is 477 g/mol. The Labute approximate surface area is 190 Å². The lowest BCUT2D eigenvalue weighted by Gasteiger charge is -2.25. The molecule has 2 aromatic carbocycles. The van der Waals surface area contributed by atoms with Gasteiger partial charge in [-0.05, 0) is 50.2 Å². The second-order valence-electron chi connectivity index (χ2n) is 8.07. The van der Waals surface area contributed by atoms with Crippen molar-refractivity contribution in [3.8, 4) is 11.8 Å². The second kappa shape index (κ2) is 8.85. The maximum absolute atomic E-state index is 14.5. The molecule has 0 fully saturated rings. The summed E-state index contributed by atoms with van der Waals surface area (Å²) in [4.78, 5) is 5.27. The topological polar surface area (TPSA) is 46.3 Å².